The molecule has 0 unspecified atom stereocenters. The van der Waals surface area contributed by atoms with E-state index in [0.717, 1.165) is 62.1 Å². The molecule has 1 aromatic heterocycles. The maximum absolute atomic E-state index is 13.6. The number of aliphatic imine (C=N–C) groups is 1. The molecule has 0 radical (unpaired) electrons. The van der Waals surface area contributed by atoms with E-state index in [1.165, 1.54) is 25.3 Å². The van der Waals surface area contributed by atoms with Gasteiger partial charge in [-0.3, -0.25) is 4.99 Å². The molecule has 0 saturated heterocycles. The molecule has 1 aliphatic rings. The minimum absolute atomic E-state index is 0.207. The molecule has 164 valence electrons. The normalized spacial score (nSPS) is 14.9. The van der Waals surface area contributed by atoms with Crippen molar-refractivity contribution in [3.05, 3.63) is 47.3 Å². The smallest absolute Gasteiger partial charge is 0.191 e. The first-order valence-corrected chi connectivity index (χ1v) is 11.2. The van der Waals surface area contributed by atoms with Gasteiger partial charge in [-0.2, -0.15) is 0 Å². The summed E-state index contributed by atoms with van der Waals surface area (Å²) in [5.41, 5.74) is 0.707. The van der Waals surface area contributed by atoms with E-state index in [4.69, 9.17) is 4.99 Å². The Bertz CT molecular complexity index is 842. The number of guanidine groups is 1. The molecular formula is C23H35FN6. The lowest BCUT2D eigenvalue weighted by atomic mass is 9.85. The zero-order valence-electron chi connectivity index (χ0n) is 18.5. The second kappa shape index (κ2) is 10.5. The molecule has 0 amide bonds. The molecule has 1 aromatic carbocycles. The topological polar surface area (TPSA) is 67.1 Å². The van der Waals surface area contributed by atoms with E-state index in [0.29, 0.717) is 6.54 Å². The number of nitrogens with zero attached hydrogens (tertiary/aromatic N) is 4. The molecule has 0 aliphatic carbocycles. The lowest BCUT2D eigenvalue weighted by molar-refractivity contribution is 0.529. The van der Waals surface area contributed by atoms with Crippen LogP contribution in [0.25, 0.3) is 0 Å². The Labute approximate surface area is 179 Å². The lowest BCUT2D eigenvalue weighted by Crippen LogP contribution is -2.39. The number of benzene rings is 1. The van der Waals surface area contributed by atoms with Crippen LogP contribution in [0, 0.1) is 5.82 Å². The number of fused-ring (bicyclic) bond motifs is 1. The molecule has 0 atom stereocenters. The van der Waals surface area contributed by atoms with Gasteiger partial charge in [0.15, 0.2) is 5.96 Å². The van der Waals surface area contributed by atoms with E-state index in [1.54, 1.807) is 12.1 Å². The van der Waals surface area contributed by atoms with Gasteiger partial charge in [-0.1, -0.05) is 32.4 Å². The van der Waals surface area contributed by atoms with E-state index < -0.39 is 0 Å². The van der Waals surface area contributed by atoms with Gasteiger partial charge in [-0.25, -0.2) is 4.39 Å². The van der Waals surface area contributed by atoms with Gasteiger partial charge in [0.2, 0.25) is 0 Å². The van der Waals surface area contributed by atoms with Crippen molar-refractivity contribution in [1.82, 2.24) is 25.4 Å². The van der Waals surface area contributed by atoms with Crippen molar-refractivity contribution in [2.24, 2.45) is 4.99 Å². The standard InChI is InChI=1S/C23H35FN6/c1-4-25-22(27-17-23(2,3)18-10-8-11-19(24)16-18)26-14-9-13-21-29-28-20-12-6-5-7-15-30(20)21/h8,10-11,16H,4-7,9,12-15,17H2,1-3H3,(H2,25,26,27). The average Bonchev–Trinajstić information content (AvgIpc) is 2.95. The highest BCUT2D eigenvalue weighted by molar-refractivity contribution is 5.79. The predicted octanol–water partition coefficient (Wildman–Crippen LogP) is 3.61. The summed E-state index contributed by atoms with van der Waals surface area (Å²) in [7, 11) is 0. The van der Waals surface area contributed by atoms with Crippen LogP contribution in [0.4, 0.5) is 4.39 Å². The summed E-state index contributed by atoms with van der Waals surface area (Å²) >= 11 is 0. The highest BCUT2D eigenvalue weighted by Gasteiger charge is 2.21. The fraction of sp³-hybridized carbons (Fsp3) is 0.609. The Hall–Kier alpha value is -2.44. The first-order chi connectivity index (χ1) is 14.5. The third kappa shape index (κ3) is 6.03. The van der Waals surface area contributed by atoms with Gasteiger partial charge < -0.3 is 15.2 Å². The number of aromatic nitrogens is 3. The zero-order chi connectivity index (χ0) is 21.4. The van der Waals surface area contributed by atoms with Crippen LogP contribution < -0.4 is 10.6 Å². The zero-order valence-corrected chi connectivity index (χ0v) is 18.5. The summed E-state index contributed by atoms with van der Waals surface area (Å²) in [6, 6.07) is 6.78. The SMILES string of the molecule is CCNC(=NCC(C)(C)c1cccc(F)c1)NCCCc1nnc2n1CCCCC2. The molecule has 2 aromatic rings. The van der Waals surface area contributed by atoms with Crippen molar-refractivity contribution in [3.63, 3.8) is 0 Å². The van der Waals surface area contributed by atoms with Crippen LogP contribution in [0.1, 0.15) is 63.7 Å². The molecule has 30 heavy (non-hydrogen) atoms. The van der Waals surface area contributed by atoms with Gasteiger partial charge in [0.25, 0.3) is 0 Å². The molecule has 6 nitrogen and oxygen atoms in total. The molecule has 3 rings (SSSR count). The van der Waals surface area contributed by atoms with Crippen LogP contribution >= 0.6 is 0 Å². The Morgan fingerprint density at radius 1 is 1.20 bits per heavy atom. The van der Waals surface area contributed by atoms with Gasteiger partial charge in [0, 0.05) is 37.9 Å². The van der Waals surface area contributed by atoms with E-state index in [9.17, 15) is 4.39 Å². The maximum Gasteiger partial charge on any atom is 0.191 e. The Morgan fingerprint density at radius 2 is 2.07 bits per heavy atom. The fourth-order valence-corrected chi connectivity index (χ4v) is 3.80. The van der Waals surface area contributed by atoms with Gasteiger partial charge in [-0.15, -0.1) is 10.2 Å². The van der Waals surface area contributed by atoms with Crippen molar-refractivity contribution in [2.75, 3.05) is 19.6 Å². The van der Waals surface area contributed by atoms with Crippen molar-refractivity contribution in [3.8, 4) is 0 Å². The first kappa shape index (κ1) is 22.2. The summed E-state index contributed by atoms with van der Waals surface area (Å²) in [6.45, 7) is 9.46. The van der Waals surface area contributed by atoms with Crippen LogP contribution in [-0.4, -0.2) is 40.4 Å². The van der Waals surface area contributed by atoms with Crippen LogP contribution in [-0.2, 0) is 24.8 Å². The Morgan fingerprint density at radius 3 is 2.87 bits per heavy atom. The van der Waals surface area contributed by atoms with Crippen molar-refractivity contribution in [1.29, 1.82) is 0 Å². The molecule has 1 aliphatic heterocycles. The highest BCUT2D eigenvalue weighted by Crippen LogP contribution is 2.24. The summed E-state index contributed by atoms with van der Waals surface area (Å²) in [5.74, 6) is 2.83. The summed E-state index contributed by atoms with van der Waals surface area (Å²) in [6.07, 6.45) is 6.63. The van der Waals surface area contributed by atoms with Crippen LogP contribution in [0.15, 0.2) is 29.3 Å². The number of nitrogens with one attached hydrogen (secondary N) is 2. The lowest BCUT2D eigenvalue weighted by Gasteiger charge is -2.24. The highest BCUT2D eigenvalue weighted by atomic mass is 19.1. The first-order valence-electron chi connectivity index (χ1n) is 11.2. The van der Waals surface area contributed by atoms with Crippen molar-refractivity contribution >= 4 is 5.96 Å². The number of hydrogen-bond donors (Lipinski definition) is 2. The minimum Gasteiger partial charge on any atom is -0.357 e. The molecule has 2 N–H and O–H groups in total. The molecule has 7 heteroatoms. The van der Waals surface area contributed by atoms with Gasteiger partial charge in [0.1, 0.15) is 17.5 Å². The minimum atomic E-state index is -0.246. The summed E-state index contributed by atoms with van der Waals surface area (Å²) in [4.78, 5) is 4.75. The second-order valence-corrected chi connectivity index (χ2v) is 8.61. The fourth-order valence-electron chi connectivity index (χ4n) is 3.80. The van der Waals surface area contributed by atoms with E-state index >= 15 is 0 Å². The molecule has 0 fully saturated rings. The molecule has 0 saturated carbocycles. The number of rotatable bonds is 8. The number of halogens is 1. The summed E-state index contributed by atoms with van der Waals surface area (Å²) in [5, 5.41) is 15.5. The van der Waals surface area contributed by atoms with Crippen LogP contribution in [0.5, 0.6) is 0 Å². The Balaban J connectivity index is 1.52. The largest absolute Gasteiger partial charge is 0.357 e. The van der Waals surface area contributed by atoms with Crippen LogP contribution in [0.3, 0.4) is 0 Å². The molecule has 2 heterocycles. The van der Waals surface area contributed by atoms with Gasteiger partial charge in [-0.05, 0) is 43.9 Å². The van der Waals surface area contributed by atoms with E-state index in [1.807, 2.05) is 6.07 Å². The van der Waals surface area contributed by atoms with Gasteiger partial charge >= 0.3 is 0 Å². The molecule has 0 spiro atoms. The third-order valence-electron chi connectivity index (χ3n) is 5.64. The van der Waals surface area contributed by atoms with E-state index in [2.05, 4.69) is 46.2 Å². The number of hydrogen-bond acceptors (Lipinski definition) is 3. The van der Waals surface area contributed by atoms with Gasteiger partial charge in [0.05, 0.1) is 6.54 Å². The van der Waals surface area contributed by atoms with Crippen LogP contribution in [0.2, 0.25) is 0 Å². The Kier molecular flexibility index (Phi) is 7.82. The monoisotopic (exact) mass is 414 g/mol. The summed E-state index contributed by atoms with van der Waals surface area (Å²) < 4.78 is 15.9. The quantitative estimate of drug-likeness (QED) is 0.393. The molecule has 0 bridgehead atoms. The second-order valence-electron chi connectivity index (χ2n) is 8.61. The number of aryl methyl sites for hydroxylation is 2. The average molecular weight is 415 g/mol. The van der Waals surface area contributed by atoms with Crippen molar-refractivity contribution in [2.45, 2.75) is 71.3 Å². The van der Waals surface area contributed by atoms with Crippen molar-refractivity contribution < 1.29 is 4.39 Å². The maximum atomic E-state index is 13.6. The predicted molar refractivity (Wildman–Crippen MR) is 119 cm³/mol. The molecular weight excluding hydrogens is 379 g/mol. The third-order valence-corrected chi connectivity index (χ3v) is 5.64. The van der Waals surface area contributed by atoms with E-state index in [-0.39, 0.29) is 11.2 Å².